The second kappa shape index (κ2) is 9.72. The highest BCUT2D eigenvalue weighted by Crippen LogP contribution is 2.33. The van der Waals surface area contributed by atoms with Crippen LogP contribution in [-0.4, -0.2) is 35.9 Å². The van der Waals surface area contributed by atoms with Crippen LogP contribution in [0.15, 0.2) is 11.6 Å². The third-order valence-corrected chi connectivity index (χ3v) is 4.76. The Kier molecular flexibility index (Phi) is 8.52. The minimum absolute atomic E-state index is 0.121. The van der Waals surface area contributed by atoms with Crippen LogP contribution >= 0.6 is 0 Å². The molecule has 0 amide bonds. The highest BCUT2D eigenvalue weighted by Gasteiger charge is 2.45. The van der Waals surface area contributed by atoms with E-state index in [1.807, 2.05) is 6.08 Å². The zero-order valence-electron chi connectivity index (χ0n) is 18.1. The summed E-state index contributed by atoms with van der Waals surface area (Å²) in [7, 11) is 0. The summed E-state index contributed by atoms with van der Waals surface area (Å²) in [6.07, 6.45) is 5.29. The van der Waals surface area contributed by atoms with E-state index < -0.39 is 17.0 Å². The normalized spacial score (nSPS) is 22.2. The van der Waals surface area contributed by atoms with Crippen molar-refractivity contribution in [1.29, 1.82) is 0 Å². The van der Waals surface area contributed by atoms with Crippen molar-refractivity contribution in [3.63, 3.8) is 0 Å². The molecule has 1 rings (SSSR count). The number of hydrogen-bond donors (Lipinski definition) is 1. The minimum Gasteiger partial charge on any atom is -0.461 e. The van der Waals surface area contributed by atoms with E-state index in [1.165, 1.54) is 0 Å². The van der Waals surface area contributed by atoms with Gasteiger partial charge >= 0.3 is 11.9 Å². The fourth-order valence-electron chi connectivity index (χ4n) is 3.43. The van der Waals surface area contributed by atoms with Crippen molar-refractivity contribution < 1.29 is 24.2 Å². The number of aliphatic hydroxyl groups excluding tert-OH is 1. The van der Waals surface area contributed by atoms with Gasteiger partial charge in [-0.2, -0.15) is 0 Å². The molecule has 0 unspecified atom stereocenters. The first kappa shape index (κ1) is 23.7. The fourth-order valence-corrected chi connectivity index (χ4v) is 3.43. The molecule has 0 aliphatic carbocycles. The standard InChI is InChI=1S/C22H38O5/c1-15(2)10-17(11-16(3)4)8-9-18-12-22(13-23,27-19(18)24)14-26-20(25)21(5,6)7/h9,15-17,23H,8,10-14H2,1-7H3/b18-9-/t22-/m1/s1. The Morgan fingerprint density at radius 2 is 1.78 bits per heavy atom. The van der Waals surface area contributed by atoms with Crippen molar-refractivity contribution in [3.05, 3.63) is 11.6 Å². The smallest absolute Gasteiger partial charge is 0.334 e. The van der Waals surface area contributed by atoms with E-state index in [2.05, 4.69) is 27.7 Å². The lowest BCUT2D eigenvalue weighted by Crippen LogP contribution is -2.40. The maximum atomic E-state index is 12.3. The molecule has 5 nitrogen and oxygen atoms in total. The van der Waals surface area contributed by atoms with Crippen molar-refractivity contribution in [2.45, 2.75) is 79.8 Å². The zero-order chi connectivity index (χ0) is 20.8. The Bertz CT molecular complexity index is 531. The van der Waals surface area contributed by atoms with E-state index in [0.29, 0.717) is 23.3 Å². The Balaban J connectivity index is 2.78. The molecule has 1 saturated heterocycles. The summed E-state index contributed by atoms with van der Waals surface area (Å²) in [5.74, 6) is 0.946. The van der Waals surface area contributed by atoms with Crippen LogP contribution in [0.5, 0.6) is 0 Å². The molecule has 27 heavy (non-hydrogen) atoms. The van der Waals surface area contributed by atoms with Gasteiger partial charge in [0.05, 0.1) is 12.0 Å². The third-order valence-electron chi connectivity index (χ3n) is 4.76. The van der Waals surface area contributed by atoms with Gasteiger partial charge in [-0.25, -0.2) is 4.79 Å². The topological polar surface area (TPSA) is 72.8 Å². The van der Waals surface area contributed by atoms with Crippen LogP contribution in [0, 0.1) is 23.2 Å². The molecule has 0 bridgehead atoms. The Hall–Kier alpha value is -1.36. The zero-order valence-corrected chi connectivity index (χ0v) is 18.1. The van der Waals surface area contributed by atoms with Crippen LogP contribution in [0.25, 0.3) is 0 Å². The van der Waals surface area contributed by atoms with Crippen molar-refractivity contribution in [2.24, 2.45) is 23.2 Å². The summed E-state index contributed by atoms with van der Waals surface area (Å²) >= 11 is 0. The molecule has 5 heteroatoms. The van der Waals surface area contributed by atoms with Crippen LogP contribution in [0.1, 0.15) is 74.1 Å². The van der Waals surface area contributed by atoms with Gasteiger partial charge in [0.15, 0.2) is 5.60 Å². The largest absolute Gasteiger partial charge is 0.461 e. The number of hydrogen-bond acceptors (Lipinski definition) is 5. The SMILES string of the molecule is CC(C)CC(C/C=C1/C[C@@](CO)(COC(=O)C(C)(C)C)OC1=O)CC(C)C. The highest BCUT2D eigenvalue weighted by molar-refractivity contribution is 5.91. The van der Waals surface area contributed by atoms with E-state index in [1.54, 1.807) is 20.8 Å². The molecule has 1 fully saturated rings. The number of rotatable bonds is 9. The van der Waals surface area contributed by atoms with Crippen molar-refractivity contribution in [2.75, 3.05) is 13.2 Å². The van der Waals surface area contributed by atoms with Crippen molar-refractivity contribution in [1.82, 2.24) is 0 Å². The molecule has 0 saturated carbocycles. The lowest BCUT2D eigenvalue weighted by atomic mass is 9.86. The van der Waals surface area contributed by atoms with Gasteiger partial charge in [0.1, 0.15) is 6.61 Å². The number of allylic oxidation sites excluding steroid dienone is 1. The quantitative estimate of drug-likeness (QED) is 0.476. The predicted molar refractivity (Wildman–Crippen MR) is 106 cm³/mol. The van der Waals surface area contributed by atoms with E-state index in [0.717, 1.165) is 19.3 Å². The third kappa shape index (κ3) is 7.65. The maximum Gasteiger partial charge on any atom is 0.334 e. The van der Waals surface area contributed by atoms with E-state index in [9.17, 15) is 14.7 Å². The van der Waals surface area contributed by atoms with Crippen LogP contribution in [0.4, 0.5) is 0 Å². The van der Waals surface area contributed by atoms with Crippen LogP contribution in [0.3, 0.4) is 0 Å². The number of carbonyl (C=O) groups excluding carboxylic acids is 2. The molecule has 1 heterocycles. The summed E-state index contributed by atoms with van der Waals surface area (Å²) in [6, 6.07) is 0. The summed E-state index contributed by atoms with van der Waals surface area (Å²) in [4.78, 5) is 24.3. The second-order valence-electron chi connectivity index (χ2n) is 9.82. The van der Waals surface area contributed by atoms with E-state index in [-0.39, 0.29) is 25.6 Å². The number of esters is 2. The van der Waals surface area contributed by atoms with Gasteiger partial charge in [0.2, 0.25) is 0 Å². The summed E-state index contributed by atoms with van der Waals surface area (Å²) in [5.41, 5.74) is -1.22. The average molecular weight is 383 g/mol. The van der Waals surface area contributed by atoms with Crippen molar-refractivity contribution in [3.8, 4) is 0 Å². The second-order valence-corrected chi connectivity index (χ2v) is 9.82. The fraction of sp³-hybridized carbons (Fsp3) is 0.818. The molecule has 1 atom stereocenters. The van der Waals surface area contributed by atoms with Gasteiger partial charge in [-0.3, -0.25) is 4.79 Å². The van der Waals surface area contributed by atoms with Crippen molar-refractivity contribution >= 4 is 11.9 Å². The molecule has 156 valence electrons. The number of aliphatic hydroxyl groups is 1. The Morgan fingerprint density at radius 3 is 2.22 bits per heavy atom. The molecule has 1 aliphatic rings. The van der Waals surface area contributed by atoms with E-state index in [4.69, 9.17) is 9.47 Å². The number of cyclic esters (lactones) is 1. The molecule has 0 radical (unpaired) electrons. The van der Waals surface area contributed by atoms with Crippen LogP contribution in [-0.2, 0) is 19.1 Å². The van der Waals surface area contributed by atoms with Gasteiger partial charge in [-0.15, -0.1) is 0 Å². The summed E-state index contributed by atoms with van der Waals surface area (Å²) in [5, 5.41) is 9.79. The van der Waals surface area contributed by atoms with Gasteiger partial charge in [0, 0.05) is 12.0 Å². The molecule has 1 N–H and O–H groups in total. The monoisotopic (exact) mass is 382 g/mol. The Morgan fingerprint density at radius 1 is 1.22 bits per heavy atom. The average Bonchev–Trinajstić information content (AvgIpc) is 2.85. The lowest BCUT2D eigenvalue weighted by molar-refractivity contribution is -0.171. The lowest BCUT2D eigenvalue weighted by Gasteiger charge is -2.26. The van der Waals surface area contributed by atoms with Crippen LogP contribution in [0.2, 0.25) is 0 Å². The summed E-state index contributed by atoms with van der Waals surface area (Å²) in [6.45, 7) is 13.6. The van der Waals surface area contributed by atoms with Crippen LogP contribution < -0.4 is 0 Å². The molecule has 0 aromatic rings. The van der Waals surface area contributed by atoms with Gasteiger partial charge < -0.3 is 14.6 Å². The molecule has 0 aromatic carbocycles. The highest BCUT2D eigenvalue weighted by atomic mass is 16.6. The molecule has 0 spiro atoms. The van der Waals surface area contributed by atoms with Gasteiger partial charge in [-0.1, -0.05) is 33.8 Å². The number of ether oxygens (including phenoxy) is 2. The molecular weight excluding hydrogens is 344 g/mol. The van der Waals surface area contributed by atoms with Gasteiger partial charge in [0.25, 0.3) is 0 Å². The van der Waals surface area contributed by atoms with E-state index >= 15 is 0 Å². The first-order valence-corrected chi connectivity index (χ1v) is 10.1. The molecule has 1 aliphatic heterocycles. The predicted octanol–water partition coefficient (Wildman–Crippen LogP) is 4.28. The molecule has 0 aromatic heterocycles. The van der Waals surface area contributed by atoms with Gasteiger partial charge in [-0.05, 0) is 57.8 Å². The Labute approximate surface area is 164 Å². The molecular formula is C22H38O5. The number of carbonyl (C=O) groups is 2. The summed E-state index contributed by atoms with van der Waals surface area (Å²) < 4.78 is 10.7. The minimum atomic E-state index is -1.16. The first-order valence-electron chi connectivity index (χ1n) is 10.1. The first-order chi connectivity index (χ1) is 12.4. The maximum absolute atomic E-state index is 12.3.